The second-order valence-electron chi connectivity index (χ2n) is 4.71. The minimum Gasteiger partial charge on any atom is -0.493 e. The Hall–Kier alpha value is -0.820. The van der Waals surface area contributed by atoms with Crippen LogP contribution < -0.4 is 14.8 Å². The number of aliphatic hydroxyl groups is 2. The van der Waals surface area contributed by atoms with Crippen molar-refractivity contribution in [1.29, 1.82) is 0 Å². The van der Waals surface area contributed by atoms with Crippen LogP contribution >= 0.6 is 17.0 Å². The number of hydrogen-bond donors (Lipinski definition) is 3. The van der Waals surface area contributed by atoms with Crippen LogP contribution in [0.15, 0.2) is 12.1 Å². The number of fused-ring (bicyclic) bond motifs is 1. The van der Waals surface area contributed by atoms with E-state index >= 15 is 0 Å². The Balaban J connectivity index is 0.00000200. The molecule has 0 aromatic heterocycles. The van der Waals surface area contributed by atoms with Gasteiger partial charge in [-0.1, -0.05) is 0 Å². The molecule has 3 N–H and O–H groups in total. The van der Waals surface area contributed by atoms with Gasteiger partial charge < -0.3 is 25.0 Å². The van der Waals surface area contributed by atoms with Crippen molar-refractivity contribution in [2.75, 3.05) is 34.0 Å². The van der Waals surface area contributed by atoms with Crippen molar-refractivity contribution in [3.63, 3.8) is 0 Å². The summed E-state index contributed by atoms with van der Waals surface area (Å²) >= 11 is 0. The van der Waals surface area contributed by atoms with Crippen LogP contribution in [0.4, 0.5) is 0 Å². The average molecular weight is 348 g/mol. The van der Waals surface area contributed by atoms with Gasteiger partial charge in [0.15, 0.2) is 11.5 Å². The third-order valence-corrected chi connectivity index (χ3v) is 3.68. The van der Waals surface area contributed by atoms with Crippen LogP contribution in [-0.4, -0.2) is 44.2 Å². The molecule has 1 atom stereocenters. The molecule has 0 aliphatic carbocycles. The summed E-state index contributed by atoms with van der Waals surface area (Å²) in [5, 5.41) is 22.1. The number of hydrogen-bond acceptors (Lipinski definition) is 5. The van der Waals surface area contributed by atoms with Crippen molar-refractivity contribution >= 4 is 17.0 Å². The third kappa shape index (κ3) is 3.25. The highest BCUT2D eigenvalue weighted by molar-refractivity contribution is 8.93. The van der Waals surface area contributed by atoms with Gasteiger partial charge >= 0.3 is 0 Å². The number of rotatable bonds is 5. The molecular formula is C14H22BrNO4. The van der Waals surface area contributed by atoms with Gasteiger partial charge in [0.05, 0.1) is 14.2 Å². The lowest BCUT2D eigenvalue weighted by molar-refractivity contribution is 0.117. The summed E-state index contributed by atoms with van der Waals surface area (Å²) in [5.74, 6) is 1.17. The third-order valence-electron chi connectivity index (χ3n) is 3.68. The molecular weight excluding hydrogens is 326 g/mol. The van der Waals surface area contributed by atoms with Gasteiger partial charge in [-0.3, -0.25) is 0 Å². The van der Waals surface area contributed by atoms with E-state index < -0.39 is 0 Å². The summed E-state index contributed by atoms with van der Waals surface area (Å²) < 4.78 is 10.6. The molecule has 1 aliphatic heterocycles. The van der Waals surface area contributed by atoms with Crippen molar-refractivity contribution < 1.29 is 19.7 Å². The first-order valence-electron chi connectivity index (χ1n) is 6.45. The van der Waals surface area contributed by atoms with E-state index in [1.807, 2.05) is 12.1 Å². The van der Waals surface area contributed by atoms with Crippen molar-refractivity contribution in [3.8, 4) is 11.5 Å². The lowest BCUT2D eigenvalue weighted by Crippen LogP contribution is -2.37. The van der Waals surface area contributed by atoms with E-state index in [1.165, 1.54) is 5.56 Å². The highest BCUT2D eigenvalue weighted by Crippen LogP contribution is 2.37. The summed E-state index contributed by atoms with van der Waals surface area (Å²) in [4.78, 5) is 0. The van der Waals surface area contributed by atoms with E-state index in [1.54, 1.807) is 14.2 Å². The normalized spacial score (nSPS) is 17.4. The van der Waals surface area contributed by atoms with E-state index in [-0.39, 0.29) is 42.2 Å². The molecule has 0 radical (unpaired) electrons. The molecule has 0 saturated carbocycles. The van der Waals surface area contributed by atoms with Crippen molar-refractivity contribution in [2.45, 2.75) is 12.5 Å². The quantitative estimate of drug-likeness (QED) is 0.743. The molecule has 6 heteroatoms. The van der Waals surface area contributed by atoms with E-state index in [9.17, 15) is 10.2 Å². The van der Waals surface area contributed by atoms with E-state index in [2.05, 4.69) is 5.32 Å². The van der Waals surface area contributed by atoms with Crippen LogP contribution in [0.3, 0.4) is 0 Å². The monoisotopic (exact) mass is 347 g/mol. The number of aliphatic hydroxyl groups excluding tert-OH is 2. The second-order valence-corrected chi connectivity index (χ2v) is 4.71. The molecule has 1 aromatic rings. The topological polar surface area (TPSA) is 71.0 Å². The molecule has 1 unspecified atom stereocenters. The summed E-state index contributed by atoms with van der Waals surface area (Å²) in [6.07, 6.45) is 0.899. The van der Waals surface area contributed by atoms with Gasteiger partial charge in [0, 0.05) is 25.2 Å². The van der Waals surface area contributed by atoms with Crippen LogP contribution in [0.2, 0.25) is 0 Å². The molecule has 5 nitrogen and oxygen atoms in total. The van der Waals surface area contributed by atoms with E-state index in [4.69, 9.17) is 9.47 Å². The van der Waals surface area contributed by atoms with Gasteiger partial charge in [0.2, 0.25) is 0 Å². The van der Waals surface area contributed by atoms with Gasteiger partial charge in [-0.25, -0.2) is 0 Å². The maximum Gasteiger partial charge on any atom is 0.161 e. The fourth-order valence-electron chi connectivity index (χ4n) is 2.60. The Morgan fingerprint density at radius 1 is 1.20 bits per heavy atom. The van der Waals surface area contributed by atoms with Gasteiger partial charge in [0.1, 0.15) is 0 Å². The molecule has 114 valence electrons. The summed E-state index contributed by atoms with van der Waals surface area (Å²) in [6.45, 7) is 0.716. The molecule has 20 heavy (non-hydrogen) atoms. The molecule has 2 rings (SSSR count). The largest absolute Gasteiger partial charge is 0.493 e. The van der Waals surface area contributed by atoms with Crippen LogP contribution in [0.25, 0.3) is 0 Å². The molecule has 0 spiro atoms. The van der Waals surface area contributed by atoms with Gasteiger partial charge in [0.25, 0.3) is 0 Å². The lowest BCUT2D eigenvalue weighted by atomic mass is 9.86. The van der Waals surface area contributed by atoms with Gasteiger partial charge in [-0.05, 0) is 36.2 Å². The molecule has 0 bridgehead atoms. The Morgan fingerprint density at radius 3 is 2.35 bits per heavy atom. The fraction of sp³-hybridized carbons (Fsp3) is 0.571. The summed E-state index contributed by atoms with van der Waals surface area (Å²) in [5.41, 5.74) is 2.24. The van der Waals surface area contributed by atoms with E-state index in [0.717, 1.165) is 18.5 Å². The Kier molecular flexibility index (Phi) is 6.75. The predicted molar refractivity (Wildman–Crippen MR) is 82.0 cm³/mol. The van der Waals surface area contributed by atoms with Crippen molar-refractivity contribution in [3.05, 3.63) is 23.3 Å². The van der Waals surface area contributed by atoms with Gasteiger partial charge in [-0.2, -0.15) is 0 Å². The number of methoxy groups -OCH3 is 2. The Bertz CT molecular complexity index is 437. The molecule has 1 heterocycles. The highest BCUT2D eigenvalue weighted by atomic mass is 79.9. The number of halogens is 1. The maximum atomic E-state index is 9.38. The van der Waals surface area contributed by atoms with Crippen molar-refractivity contribution in [1.82, 2.24) is 5.32 Å². The standard InChI is InChI=1S/C14H21NO4.BrH/c1-18-12-5-9-3-4-15-14(10(7-16)8-17)11(9)6-13(12)19-2;/h5-6,10,14-17H,3-4,7-8H2,1-2H3;1H. The van der Waals surface area contributed by atoms with Crippen molar-refractivity contribution in [2.24, 2.45) is 5.92 Å². The molecule has 1 aromatic carbocycles. The number of nitrogens with one attached hydrogen (secondary N) is 1. The Morgan fingerprint density at radius 2 is 1.80 bits per heavy atom. The van der Waals surface area contributed by atoms with Crippen LogP contribution in [0, 0.1) is 5.92 Å². The van der Waals surface area contributed by atoms with E-state index in [0.29, 0.717) is 11.5 Å². The Labute approximate surface area is 129 Å². The van der Waals surface area contributed by atoms with Crippen LogP contribution in [0.5, 0.6) is 11.5 Å². The first-order chi connectivity index (χ1) is 9.24. The highest BCUT2D eigenvalue weighted by Gasteiger charge is 2.28. The predicted octanol–water partition coefficient (Wildman–Crippen LogP) is 1.07. The average Bonchev–Trinajstić information content (AvgIpc) is 2.47. The SMILES string of the molecule is Br.COc1cc2c(cc1OC)C(C(CO)CO)NCC2. The first-order valence-corrected chi connectivity index (χ1v) is 6.45. The zero-order valence-corrected chi connectivity index (χ0v) is 13.5. The fourth-order valence-corrected chi connectivity index (χ4v) is 2.60. The molecule has 1 aliphatic rings. The maximum absolute atomic E-state index is 9.38. The summed E-state index contributed by atoms with van der Waals surface area (Å²) in [6, 6.07) is 3.86. The minimum absolute atomic E-state index is 0. The molecule has 0 amide bonds. The molecule has 0 saturated heterocycles. The smallest absolute Gasteiger partial charge is 0.161 e. The zero-order valence-electron chi connectivity index (χ0n) is 11.8. The summed E-state index contributed by atoms with van der Waals surface area (Å²) in [7, 11) is 3.22. The number of benzene rings is 1. The first kappa shape index (κ1) is 17.2. The number of ether oxygens (including phenoxy) is 2. The minimum atomic E-state index is -0.211. The van der Waals surface area contributed by atoms with Crippen LogP contribution in [0.1, 0.15) is 17.2 Å². The second kappa shape index (κ2) is 7.83. The zero-order chi connectivity index (χ0) is 13.8. The molecule has 0 fully saturated rings. The van der Waals surface area contributed by atoms with Crippen LogP contribution in [-0.2, 0) is 6.42 Å². The van der Waals surface area contributed by atoms with Gasteiger partial charge in [-0.15, -0.1) is 17.0 Å². The lowest BCUT2D eigenvalue weighted by Gasteiger charge is -2.32.